The van der Waals surface area contributed by atoms with Gasteiger partial charge in [-0.2, -0.15) is 5.10 Å². The maximum absolute atomic E-state index is 13.2. The molecule has 144 valence electrons. The summed E-state index contributed by atoms with van der Waals surface area (Å²) < 4.78 is 0. The first-order chi connectivity index (χ1) is 13.3. The second kappa shape index (κ2) is 8.65. The van der Waals surface area contributed by atoms with E-state index in [1.165, 1.54) is 25.7 Å². The average Bonchev–Trinajstić information content (AvgIpc) is 3.07. The Morgan fingerprint density at radius 3 is 2.56 bits per heavy atom. The van der Waals surface area contributed by atoms with Gasteiger partial charge in [-0.15, -0.1) is 0 Å². The number of hydrogen-bond acceptors (Lipinski definition) is 4. The van der Waals surface area contributed by atoms with Crippen molar-refractivity contribution < 1.29 is 4.79 Å². The fraction of sp³-hybridized carbons (Fsp3) is 0.571. The van der Waals surface area contributed by atoms with Gasteiger partial charge in [0.25, 0.3) is 0 Å². The summed E-state index contributed by atoms with van der Waals surface area (Å²) in [6.45, 7) is 3.49. The van der Waals surface area contributed by atoms with Crippen molar-refractivity contribution in [3.8, 4) is 11.1 Å². The van der Waals surface area contributed by atoms with E-state index in [1.807, 2.05) is 18.3 Å². The number of pyridine rings is 1. The van der Waals surface area contributed by atoms with Crippen molar-refractivity contribution in [3.63, 3.8) is 0 Å². The van der Waals surface area contributed by atoms with Gasteiger partial charge in [0, 0.05) is 24.5 Å². The molecule has 0 aromatic carbocycles. The van der Waals surface area contributed by atoms with E-state index in [1.54, 1.807) is 12.4 Å². The van der Waals surface area contributed by atoms with Crippen LogP contribution in [0, 0.1) is 0 Å². The van der Waals surface area contributed by atoms with E-state index < -0.39 is 0 Å². The van der Waals surface area contributed by atoms with Crippen molar-refractivity contribution in [1.82, 2.24) is 25.0 Å². The predicted octanol–water partition coefficient (Wildman–Crippen LogP) is 3.40. The molecule has 2 aliphatic rings. The van der Waals surface area contributed by atoms with Gasteiger partial charge in [0.15, 0.2) is 0 Å². The molecule has 1 amide bonds. The summed E-state index contributed by atoms with van der Waals surface area (Å²) in [7, 11) is 0. The number of carbonyl (C=O) groups is 1. The normalized spacial score (nSPS) is 21.8. The molecule has 2 aromatic rings. The zero-order chi connectivity index (χ0) is 18.5. The van der Waals surface area contributed by atoms with Crippen molar-refractivity contribution in [2.75, 3.05) is 26.2 Å². The number of carbonyl (C=O) groups excluding carboxylic acids is 1. The lowest BCUT2D eigenvalue weighted by atomic mass is 9.94. The highest BCUT2D eigenvalue weighted by molar-refractivity contribution is 5.79. The summed E-state index contributed by atoms with van der Waals surface area (Å²) in [6.07, 6.45) is 13.7. The number of piperidine rings is 1. The van der Waals surface area contributed by atoms with Gasteiger partial charge < -0.3 is 4.90 Å². The van der Waals surface area contributed by atoms with Gasteiger partial charge in [0.05, 0.1) is 24.5 Å². The molecule has 2 aliphatic heterocycles. The molecule has 2 saturated heterocycles. The topological polar surface area (TPSA) is 65.1 Å². The number of amides is 1. The van der Waals surface area contributed by atoms with Crippen LogP contribution in [0.25, 0.3) is 11.1 Å². The maximum Gasteiger partial charge on any atom is 0.237 e. The van der Waals surface area contributed by atoms with Crippen molar-refractivity contribution >= 4 is 5.91 Å². The van der Waals surface area contributed by atoms with Crippen LogP contribution < -0.4 is 0 Å². The third kappa shape index (κ3) is 4.21. The molecule has 0 spiro atoms. The summed E-state index contributed by atoms with van der Waals surface area (Å²) in [5.41, 5.74) is 3.24. The highest BCUT2D eigenvalue weighted by Gasteiger charge is 2.31. The molecule has 27 heavy (non-hydrogen) atoms. The minimum atomic E-state index is 0.0869. The Kier molecular flexibility index (Phi) is 5.82. The van der Waals surface area contributed by atoms with Crippen LogP contribution in [0.5, 0.6) is 0 Å². The van der Waals surface area contributed by atoms with Crippen LogP contribution in [0.15, 0.2) is 30.7 Å². The first kappa shape index (κ1) is 18.2. The van der Waals surface area contributed by atoms with Gasteiger partial charge in [-0.3, -0.25) is 19.8 Å². The van der Waals surface area contributed by atoms with Gasteiger partial charge >= 0.3 is 0 Å². The standard InChI is InChI=1S/C21H29N5O/c27-20(16-25-12-4-1-2-5-13-25)26-14-6-3-7-19(26)21-18(15-23-24-21)17-8-10-22-11-9-17/h8-11,15,19H,1-7,12-14,16H2,(H,23,24). The molecule has 1 N–H and O–H groups in total. The summed E-state index contributed by atoms with van der Waals surface area (Å²) in [5, 5.41) is 7.50. The van der Waals surface area contributed by atoms with Crippen LogP contribution in [0.1, 0.15) is 56.7 Å². The highest BCUT2D eigenvalue weighted by atomic mass is 16.2. The Morgan fingerprint density at radius 1 is 1.04 bits per heavy atom. The summed E-state index contributed by atoms with van der Waals surface area (Å²) in [4.78, 5) is 21.7. The number of aromatic nitrogens is 3. The van der Waals surface area contributed by atoms with E-state index >= 15 is 0 Å². The molecule has 1 atom stereocenters. The van der Waals surface area contributed by atoms with Crippen LogP contribution in [0.3, 0.4) is 0 Å². The Balaban J connectivity index is 1.53. The molecule has 0 saturated carbocycles. The summed E-state index contributed by atoms with van der Waals surface area (Å²) in [5.74, 6) is 0.261. The van der Waals surface area contributed by atoms with Crippen molar-refractivity contribution in [2.24, 2.45) is 0 Å². The largest absolute Gasteiger partial charge is 0.333 e. The molecule has 6 nitrogen and oxygen atoms in total. The fourth-order valence-corrected chi connectivity index (χ4v) is 4.42. The minimum Gasteiger partial charge on any atom is -0.333 e. The average molecular weight is 367 g/mol. The predicted molar refractivity (Wildman–Crippen MR) is 105 cm³/mol. The Morgan fingerprint density at radius 2 is 1.78 bits per heavy atom. The number of hydrogen-bond donors (Lipinski definition) is 1. The van der Waals surface area contributed by atoms with Crippen LogP contribution >= 0.6 is 0 Å². The Labute approximate surface area is 161 Å². The quantitative estimate of drug-likeness (QED) is 0.899. The zero-order valence-electron chi connectivity index (χ0n) is 15.9. The van der Waals surface area contributed by atoms with E-state index in [4.69, 9.17) is 0 Å². The highest BCUT2D eigenvalue weighted by Crippen LogP contribution is 2.35. The molecule has 2 aromatic heterocycles. The second-order valence-electron chi connectivity index (χ2n) is 7.72. The molecule has 6 heteroatoms. The monoisotopic (exact) mass is 367 g/mol. The molecule has 0 radical (unpaired) electrons. The third-order valence-corrected chi connectivity index (χ3v) is 5.87. The fourth-order valence-electron chi connectivity index (χ4n) is 4.42. The first-order valence-electron chi connectivity index (χ1n) is 10.3. The van der Waals surface area contributed by atoms with Gasteiger partial charge in [-0.05, 0) is 62.9 Å². The minimum absolute atomic E-state index is 0.0869. The van der Waals surface area contributed by atoms with Crippen LogP contribution in [0.4, 0.5) is 0 Å². The van der Waals surface area contributed by atoms with Gasteiger partial charge in [-0.1, -0.05) is 12.8 Å². The smallest absolute Gasteiger partial charge is 0.237 e. The molecule has 4 heterocycles. The Bertz CT molecular complexity index is 736. The van der Waals surface area contributed by atoms with E-state index in [9.17, 15) is 4.79 Å². The van der Waals surface area contributed by atoms with Crippen LogP contribution in [0.2, 0.25) is 0 Å². The van der Waals surface area contributed by atoms with Crippen LogP contribution in [-0.2, 0) is 4.79 Å². The molecule has 0 bridgehead atoms. The number of likely N-dealkylation sites (tertiary alicyclic amines) is 2. The Hall–Kier alpha value is -2.21. The van der Waals surface area contributed by atoms with Gasteiger partial charge in [0.2, 0.25) is 5.91 Å². The molecule has 4 rings (SSSR count). The summed E-state index contributed by atoms with van der Waals surface area (Å²) in [6, 6.07) is 4.09. The lowest BCUT2D eigenvalue weighted by Gasteiger charge is -2.37. The molecule has 1 unspecified atom stereocenters. The molecular formula is C21H29N5O. The van der Waals surface area contributed by atoms with Gasteiger partial charge in [-0.25, -0.2) is 0 Å². The van der Waals surface area contributed by atoms with Gasteiger partial charge in [0.1, 0.15) is 0 Å². The zero-order valence-corrected chi connectivity index (χ0v) is 15.9. The van der Waals surface area contributed by atoms with Crippen molar-refractivity contribution in [3.05, 3.63) is 36.4 Å². The first-order valence-corrected chi connectivity index (χ1v) is 10.3. The lowest BCUT2D eigenvalue weighted by molar-refractivity contribution is -0.136. The molecule has 0 aliphatic carbocycles. The van der Waals surface area contributed by atoms with Crippen LogP contribution in [-0.4, -0.2) is 57.1 Å². The number of nitrogens with one attached hydrogen (secondary N) is 1. The van der Waals surface area contributed by atoms with E-state index in [2.05, 4.69) is 25.0 Å². The molecular weight excluding hydrogens is 338 g/mol. The van der Waals surface area contributed by atoms with Crippen molar-refractivity contribution in [2.45, 2.75) is 51.0 Å². The molecule has 2 fully saturated rings. The summed E-state index contributed by atoms with van der Waals surface area (Å²) >= 11 is 0. The maximum atomic E-state index is 13.2. The number of nitrogens with zero attached hydrogens (tertiary/aromatic N) is 4. The number of H-pyrrole nitrogens is 1. The SMILES string of the molecule is O=C(CN1CCCCCC1)N1CCCCC1c1[nH]ncc1-c1ccncc1. The van der Waals surface area contributed by atoms with Crippen molar-refractivity contribution in [1.29, 1.82) is 0 Å². The lowest BCUT2D eigenvalue weighted by Crippen LogP contribution is -2.44. The number of rotatable bonds is 4. The van der Waals surface area contributed by atoms with E-state index in [-0.39, 0.29) is 11.9 Å². The second-order valence-corrected chi connectivity index (χ2v) is 7.72. The van der Waals surface area contributed by atoms with E-state index in [0.29, 0.717) is 6.54 Å². The third-order valence-electron chi connectivity index (χ3n) is 5.87. The number of aromatic amines is 1. The van der Waals surface area contributed by atoms with E-state index in [0.717, 1.165) is 55.7 Å².